The quantitative estimate of drug-likeness (QED) is 0.745. The first kappa shape index (κ1) is 12.7. The first-order valence-electron chi connectivity index (χ1n) is 5.67. The molecule has 19 heavy (non-hydrogen) atoms. The van der Waals surface area contributed by atoms with Crippen LogP contribution in [0.2, 0.25) is 5.02 Å². The van der Waals surface area contributed by atoms with E-state index in [1.165, 1.54) is 17.4 Å². The van der Waals surface area contributed by atoms with Crippen molar-refractivity contribution in [3.8, 4) is 0 Å². The molecule has 2 aromatic heterocycles. The zero-order chi connectivity index (χ0) is 13.6. The van der Waals surface area contributed by atoms with E-state index in [0.29, 0.717) is 21.0 Å². The topological polar surface area (TPSA) is 33.4 Å². The van der Waals surface area contributed by atoms with Gasteiger partial charge in [-0.15, -0.1) is 11.3 Å². The minimum absolute atomic E-state index is 0.154. The maximum atomic E-state index is 13.5. The summed E-state index contributed by atoms with van der Waals surface area (Å²) in [6.07, 6.45) is -0.974. The minimum atomic E-state index is -0.974. The molecule has 0 aliphatic heterocycles. The SMILES string of the molecule is Cc1csc(C(O)c2cc3cccc(F)c3o2)c1Cl. The van der Waals surface area contributed by atoms with E-state index in [9.17, 15) is 9.50 Å². The molecule has 0 saturated heterocycles. The fraction of sp³-hybridized carbons (Fsp3) is 0.143. The van der Waals surface area contributed by atoms with Gasteiger partial charge in [-0.1, -0.05) is 23.7 Å². The Hall–Kier alpha value is -1.36. The van der Waals surface area contributed by atoms with E-state index in [1.807, 2.05) is 12.3 Å². The molecule has 0 spiro atoms. The first-order valence-corrected chi connectivity index (χ1v) is 6.93. The number of hydrogen-bond acceptors (Lipinski definition) is 3. The van der Waals surface area contributed by atoms with E-state index in [4.69, 9.17) is 16.0 Å². The van der Waals surface area contributed by atoms with Crippen molar-refractivity contribution in [2.24, 2.45) is 0 Å². The molecule has 0 radical (unpaired) electrons. The molecule has 1 aromatic carbocycles. The lowest BCUT2D eigenvalue weighted by molar-refractivity contribution is 0.195. The number of rotatable bonds is 2. The average Bonchev–Trinajstić information content (AvgIpc) is 2.95. The lowest BCUT2D eigenvalue weighted by Crippen LogP contribution is -1.95. The van der Waals surface area contributed by atoms with Crippen LogP contribution < -0.4 is 0 Å². The second-order valence-corrected chi connectivity index (χ2v) is 5.60. The number of aliphatic hydroxyl groups excluding tert-OH is 1. The second kappa shape index (κ2) is 4.63. The third-order valence-electron chi connectivity index (χ3n) is 2.96. The number of halogens is 2. The van der Waals surface area contributed by atoms with Crippen LogP contribution in [0.4, 0.5) is 4.39 Å². The average molecular weight is 297 g/mol. The largest absolute Gasteiger partial charge is 0.455 e. The van der Waals surface area contributed by atoms with Gasteiger partial charge in [-0.05, 0) is 30.0 Å². The maximum absolute atomic E-state index is 13.5. The number of aliphatic hydroxyl groups is 1. The predicted octanol–water partition coefficient (Wildman–Crippen LogP) is 4.68. The zero-order valence-corrected chi connectivity index (χ0v) is 11.6. The Kier molecular flexibility index (Phi) is 3.09. The van der Waals surface area contributed by atoms with Crippen molar-refractivity contribution >= 4 is 33.9 Å². The van der Waals surface area contributed by atoms with Gasteiger partial charge in [0.1, 0.15) is 11.9 Å². The van der Waals surface area contributed by atoms with Gasteiger partial charge in [-0.2, -0.15) is 0 Å². The van der Waals surface area contributed by atoms with Gasteiger partial charge in [0.2, 0.25) is 0 Å². The van der Waals surface area contributed by atoms with Crippen molar-refractivity contribution in [2.45, 2.75) is 13.0 Å². The number of fused-ring (bicyclic) bond motifs is 1. The fourth-order valence-electron chi connectivity index (χ4n) is 1.95. The predicted molar refractivity (Wildman–Crippen MR) is 74.3 cm³/mol. The molecule has 0 amide bonds. The molecule has 0 fully saturated rings. The summed E-state index contributed by atoms with van der Waals surface area (Å²) in [5, 5.41) is 13.3. The Balaban J connectivity index is 2.09. The number of furan rings is 1. The van der Waals surface area contributed by atoms with Gasteiger partial charge in [0.05, 0.1) is 9.90 Å². The summed E-state index contributed by atoms with van der Waals surface area (Å²) < 4.78 is 19.0. The highest BCUT2D eigenvalue weighted by Crippen LogP contribution is 2.37. The standard InChI is InChI=1S/C14H10ClFO2S/c1-7-6-19-14(11(7)15)12(17)10-5-8-3-2-4-9(16)13(8)18-10/h2-6,12,17H,1H3. The second-order valence-electron chi connectivity index (χ2n) is 4.31. The van der Waals surface area contributed by atoms with Crippen LogP contribution in [0.1, 0.15) is 22.3 Å². The van der Waals surface area contributed by atoms with Crippen LogP contribution in [-0.4, -0.2) is 5.11 Å². The van der Waals surface area contributed by atoms with Gasteiger partial charge in [0.25, 0.3) is 0 Å². The molecule has 3 aromatic rings. The number of hydrogen-bond donors (Lipinski definition) is 1. The van der Waals surface area contributed by atoms with Crippen molar-refractivity contribution in [3.63, 3.8) is 0 Å². The highest BCUT2D eigenvalue weighted by atomic mass is 35.5. The summed E-state index contributed by atoms with van der Waals surface area (Å²) in [4.78, 5) is 0.610. The normalized spacial score (nSPS) is 13.1. The smallest absolute Gasteiger partial charge is 0.170 e. The summed E-state index contributed by atoms with van der Waals surface area (Å²) in [5.41, 5.74) is 1.06. The van der Waals surface area contributed by atoms with E-state index in [0.717, 1.165) is 5.56 Å². The highest BCUT2D eigenvalue weighted by molar-refractivity contribution is 7.10. The number of thiophene rings is 1. The van der Waals surface area contributed by atoms with E-state index < -0.39 is 11.9 Å². The monoisotopic (exact) mass is 296 g/mol. The highest BCUT2D eigenvalue weighted by Gasteiger charge is 2.21. The van der Waals surface area contributed by atoms with Crippen molar-refractivity contribution in [2.75, 3.05) is 0 Å². The molecule has 3 rings (SSSR count). The molecule has 0 bridgehead atoms. The van der Waals surface area contributed by atoms with E-state index in [1.54, 1.807) is 18.2 Å². The Bertz CT molecular complexity index is 747. The third kappa shape index (κ3) is 2.06. The molecular formula is C14H10ClFO2S. The van der Waals surface area contributed by atoms with E-state index >= 15 is 0 Å². The minimum Gasteiger partial charge on any atom is -0.455 e. The molecular weight excluding hydrogens is 287 g/mol. The van der Waals surface area contributed by atoms with Crippen molar-refractivity contribution in [1.29, 1.82) is 0 Å². The Morgan fingerprint density at radius 3 is 2.84 bits per heavy atom. The number of aryl methyl sites for hydroxylation is 1. The molecule has 2 heterocycles. The number of para-hydroxylation sites is 1. The first-order chi connectivity index (χ1) is 9.08. The Labute approximate surface area is 118 Å². The Morgan fingerprint density at radius 1 is 1.42 bits per heavy atom. The van der Waals surface area contributed by atoms with Crippen molar-refractivity contribution in [1.82, 2.24) is 0 Å². The van der Waals surface area contributed by atoms with Crippen LogP contribution in [0.15, 0.2) is 34.1 Å². The zero-order valence-electron chi connectivity index (χ0n) is 9.98. The lowest BCUT2D eigenvalue weighted by atomic mass is 10.2. The molecule has 1 N–H and O–H groups in total. The fourth-order valence-corrected chi connectivity index (χ4v) is 3.23. The third-order valence-corrected chi connectivity index (χ3v) is 4.72. The van der Waals surface area contributed by atoms with Gasteiger partial charge >= 0.3 is 0 Å². The van der Waals surface area contributed by atoms with E-state index in [-0.39, 0.29) is 5.58 Å². The molecule has 5 heteroatoms. The summed E-state index contributed by atoms with van der Waals surface area (Å²) in [6.45, 7) is 1.87. The molecule has 1 unspecified atom stereocenters. The summed E-state index contributed by atoms with van der Waals surface area (Å²) in [5.74, 6) is -0.145. The van der Waals surface area contributed by atoms with Gasteiger partial charge in [-0.25, -0.2) is 4.39 Å². The van der Waals surface area contributed by atoms with Crippen LogP contribution in [0.25, 0.3) is 11.0 Å². The van der Waals surface area contributed by atoms with Gasteiger partial charge < -0.3 is 9.52 Å². The van der Waals surface area contributed by atoms with Crippen LogP contribution >= 0.6 is 22.9 Å². The van der Waals surface area contributed by atoms with Crippen LogP contribution in [0, 0.1) is 12.7 Å². The van der Waals surface area contributed by atoms with Crippen LogP contribution in [0.5, 0.6) is 0 Å². The molecule has 0 aliphatic carbocycles. The maximum Gasteiger partial charge on any atom is 0.170 e. The molecule has 0 saturated carbocycles. The van der Waals surface area contributed by atoms with Gasteiger partial charge in [0, 0.05) is 5.39 Å². The summed E-state index contributed by atoms with van der Waals surface area (Å²) in [6, 6.07) is 6.30. The molecule has 0 aliphatic rings. The molecule has 2 nitrogen and oxygen atoms in total. The lowest BCUT2D eigenvalue weighted by Gasteiger charge is -2.05. The molecule has 98 valence electrons. The number of benzene rings is 1. The van der Waals surface area contributed by atoms with Gasteiger partial charge in [-0.3, -0.25) is 0 Å². The van der Waals surface area contributed by atoms with Gasteiger partial charge in [0.15, 0.2) is 11.4 Å². The van der Waals surface area contributed by atoms with E-state index in [2.05, 4.69) is 0 Å². The summed E-state index contributed by atoms with van der Waals surface area (Å²) in [7, 11) is 0. The Morgan fingerprint density at radius 2 is 2.21 bits per heavy atom. The van der Waals surface area contributed by atoms with Crippen molar-refractivity contribution < 1.29 is 13.9 Å². The van der Waals surface area contributed by atoms with Crippen LogP contribution in [0.3, 0.4) is 0 Å². The molecule has 1 atom stereocenters. The van der Waals surface area contributed by atoms with Crippen LogP contribution in [-0.2, 0) is 0 Å². The van der Waals surface area contributed by atoms with Crippen molar-refractivity contribution in [3.05, 3.63) is 56.7 Å². The summed E-state index contributed by atoms with van der Waals surface area (Å²) >= 11 is 7.48.